The first-order valence-corrected chi connectivity index (χ1v) is 7.27. The van der Waals surface area contributed by atoms with Crippen LogP contribution in [0.15, 0.2) is 12.3 Å². The van der Waals surface area contributed by atoms with Crippen LogP contribution in [0.5, 0.6) is 0 Å². The minimum atomic E-state index is -0.150. The first-order valence-electron chi connectivity index (χ1n) is 7.27. The highest BCUT2D eigenvalue weighted by Gasteiger charge is 2.26. The summed E-state index contributed by atoms with van der Waals surface area (Å²) in [5.41, 5.74) is 0.892. The molecular formula is C14H19N5O2. The van der Waals surface area contributed by atoms with E-state index in [4.69, 9.17) is 5.11 Å². The van der Waals surface area contributed by atoms with E-state index in [1.165, 1.54) is 0 Å². The number of aliphatic hydroxyl groups excluding tert-OH is 1. The van der Waals surface area contributed by atoms with Crippen molar-refractivity contribution in [3.05, 3.63) is 23.8 Å². The maximum atomic E-state index is 12.5. The molecular weight excluding hydrogens is 270 g/mol. The minimum absolute atomic E-state index is 0.150. The number of hydrogen-bond acceptors (Lipinski definition) is 5. The van der Waals surface area contributed by atoms with Gasteiger partial charge in [-0.25, -0.2) is 9.50 Å². The van der Waals surface area contributed by atoms with E-state index in [1.54, 1.807) is 15.6 Å². The number of aliphatic hydroxyl groups is 1. The number of carbonyl (C=O) groups is 1. The number of aryl methyl sites for hydroxylation is 1. The Morgan fingerprint density at radius 3 is 3.14 bits per heavy atom. The van der Waals surface area contributed by atoms with Crippen LogP contribution in [0.1, 0.15) is 35.6 Å². The lowest BCUT2D eigenvalue weighted by atomic mass is 9.95. The third-order valence-corrected chi connectivity index (χ3v) is 3.96. The Balaban J connectivity index is 1.81. The number of carbonyl (C=O) groups excluding carboxylic acids is 1. The summed E-state index contributed by atoms with van der Waals surface area (Å²) in [5, 5.41) is 13.3. The second-order valence-electron chi connectivity index (χ2n) is 5.51. The largest absolute Gasteiger partial charge is 0.396 e. The highest BCUT2D eigenvalue weighted by molar-refractivity contribution is 5.91. The smallest absolute Gasteiger partial charge is 0.293 e. The minimum Gasteiger partial charge on any atom is -0.396 e. The van der Waals surface area contributed by atoms with E-state index in [2.05, 4.69) is 15.1 Å². The first kappa shape index (κ1) is 13.9. The van der Waals surface area contributed by atoms with Crippen molar-refractivity contribution in [3.63, 3.8) is 0 Å². The van der Waals surface area contributed by atoms with Crippen molar-refractivity contribution in [1.29, 1.82) is 0 Å². The molecule has 2 aromatic rings. The zero-order chi connectivity index (χ0) is 14.8. The molecule has 1 unspecified atom stereocenters. The molecule has 1 atom stereocenters. The molecule has 7 heteroatoms. The zero-order valence-corrected chi connectivity index (χ0v) is 12.1. The quantitative estimate of drug-likeness (QED) is 0.897. The predicted molar refractivity (Wildman–Crippen MR) is 75.8 cm³/mol. The fraction of sp³-hybridized carbons (Fsp3) is 0.571. The molecule has 21 heavy (non-hydrogen) atoms. The lowest BCUT2D eigenvalue weighted by Gasteiger charge is -2.31. The molecule has 1 amide bonds. The Bertz CT molecular complexity index is 652. The van der Waals surface area contributed by atoms with Crippen molar-refractivity contribution in [2.75, 3.05) is 19.7 Å². The Labute approximate surface area is 122 Å². The molecule has 0 spiro atoms. The van der Waals surface area contributed by atoms with Gasteiger partial charge in [0.1, 0.15) is 0 Å². The van der Waals surface area contributed by atoms with Gasteiger partial charge in [-0.05, 0) is 38.2 Å². The summed E-state index contributed by atoms with van der Waals surface area (Å²) in [6.45, 7) is 3.46. The summed E-state index contributed by atoms with van der Waals surface area (Å²) in [6.07, 6.45) is 4.42. The van der Waals surface area contributed by atoms with Crippen molar-refractivity contribution in [2.45, 2.75) is 26.2 Å². The molecule has 1 aliphatic rings. The van der Waals surface area contributed by atoms with Gasteiger partial charge in [-0.1, -0.05) is 0 Å². The van der Waals surface area contributed by atoms with E-state index in [0.717, 1.165) is 31.5 Å². The molecule has 3 heterocycles. The summed E-state index contributed by atoms with van der Waals surface area (Å²) in [6, 6.07) is 1.83. The molecule has 112 valence electrons. The maximum Gasteiger partial charge on any atom is 0.293 e. The third kappa shape index (κ3) is 2.73. The zero-order valence-electron chi connectivity index (χ0n) is 12.1. The molecule has 1 N–H and O–H groups in total. The Hall–Kier alpha value is -2.02. The van der Waals surface area contributed by atoms with Gasteiger partial charge in [0.25, 0.3) is 11.7 Å². The van der Waals surface area contributed by atoms with Crippen LogP contribution in [0.25, 0.3) is 5.78 Å². The van der Waals surface area contributed by atoms with Crippen LogP contribution in [0.2, 0.25) is 0 Å². The van der Waals surface area contributed by atoms with Crippen molar-refractivity contribution >= 4 is 11.7 Å². The summed E-state index contributed by atoms with van der Waals surface area (Å²) in [5.74, 6) is 0.857. The summed E-state index contributed by atoms with van der Waals surface area (Å²) in [7, 11) is 0. The second-order valence-corrected chi connectivity index (χ2v) is 5.51. The third-order valence-electron chi connectivity index (χ3n) is 3.96. The van der Waals surface area contributed by atoms with Crippen molar-refractivity contribution in [1.82, 2.24) is 24.5 Å². The highest BCUT2D eigenvalue weighted by atomic mass is 16.3. The van der Waals surface area contributed by atoms with Crippen LogP contribution in [0, 0.1) is 12.8 Å². The standard InChI is InChI=1S/C14H19N5O2/c1-10-4-6-15-14-16-12(17-19(10)14)13(21)18-7-2-3-11(9-18)5-8-20/h4,6,11,20H,2-3,5,7-9H2,1H3. The number of amides is 1. The topological polar surface area (TPSA) is 83.6 Å². The molecule has 7 nitrogen and oxygen atoms in total. The molecule has 1 fully saturated rings. The van der Waals surface area contributed by atoms with Gasteiger partial charge in [0.15, 0.2) is 0 Å². The average molecular weight is 289 g/mol. The number of hydrogen-bond donors (Lipinski definition) is 1. The number of nitrogens with zero attached hydrogens (tertiary/aromatic N) is 5. The van der Waals surface area contributed by atoms with Crippen LogP contribution in [0.3, 0.4) is 0 Å². The molecule has 0 aromatic carbocycles. The molecule has 0 bridgehead atoms. The predicted octanol–water partition coefficient (Wildman–Crippen LogP) is 0.667. The number of likely N-dealkylation sites (tertiary alicyclic amines) is 1. The number of aromatic nitrogens is 4. The van der Waals surface area contributed by atoms with E-state index in [0.29, 0.717) is 18.2 Å². The van der Waals surface area contributed by atoms with Crippen LogP contribution in [-0.4, -0.2) is 55.2 Å². The maximum absolute atomic E-state index is 12.5. The molecule has 2 aromatic heterocycles. The monoisotopic (exact) mass is 289 g/mol. The van der Waals surface area contributed by atoms with Crippen LogP contribution < -0.4 is 0 Å². The van der Waals surface area contributed by atoms with Gasteiger partial charge in [0.2, 0.25) is 5.82 Å². The molecule has 1 aliphatic heterocycles. The Kier molecular flexibility index (Phi) is 3.83. The summed E-state index contributed by atoms with van der Waals surface area (Å²) >= 11 is 0. The Morgan fingerprint density at radius 2 is 2.38 bits per heavy atom. The van der Waals surface area contributed by atoms with E-state index in [9.17, 15) is 4.79 Å². The van der Waals surface area contributed by atoms with Crippen LogP contribution >= 0.6 is 0 Å². The van der Waals surface area contributed by atoms with Crippen molar-refractivity contribution in [2.24, 2.45) is 5.92 Å². The number of piperidine rings is 1. The number of rotatable bonds is 3. The number of fused-ring (bicyclic) bond motifs is 1. The van der Waals surface area contributed by atoms with Gasteiger partial charge >= 0.3 is 0 Å². The normalized spacial score (nSPS) is 19.1. The Morgan fingerprint density at radius 1 is 1.52 bits per heavy atom. The van der Waals surface area contributed by atoms with Gasteiger partial charge in [-0.2, -0.15) is 4.98 Å². The lowest BCUT2D eigenvalue weighted by molar-refractivity contribution is 0.0641. The molecule has 0 radical (unpaired) electrons. The highest BCUT2D eigenvalue weighted by Crippen LogP contribution is 2.20. The van der Waals surface area contributed by atoms with Crippen LogP contribution in [-0.2, 0) is 0 Å². The van der Waals surface area contributed by atoms with Crippen molar-refractivity contribution in [3.8, 4) is 0 Å². The van der Waals surface area contributed by atoms with Gasteiger partial charge in [0.05, 0.1) is 0 Å². The van der Waals surface area contributed by atoms with E-state index in [-0.39, 0.29) is 18.3 Å². The van der Waals surface area contributed by atoms with Gasteiger partial charge in [-0.15, -0.1) is 5.10 Å². The fourth-order valence-electron chi connectivity index (χ4n) is 2.81. The molecule has 0 aliphatic carbocycles. The van der Waals surface area contributed by atoms with Gasteiger partial charge < -0.3 is 10.0 Å². The van der Waals surface area contributed by atoms with Crippen molar-refractivity contribution < 1.29 is 9.90 Å². The first-order chi connectivity index (χ1) is 10.2. The average Bonchev–Trinajstić information content (AvgIpc) is 2.93. The summed E-state index contributed by atoms with van der Waals surface area (Å²) in [4.78, 5) is 22.7. The lowest BCUT2D eigenvalue weighted by Crippen LogP contribution is -2.40. The van der Waals surface area contributed by atoms with Crippen LogP contribution in [0.4, 0.5) is 0 Å². The van der Waals surface area contributed by atoms with Gasteiger partial charge in [-0.3, -0.25) is 4.79 Å². The summed E-state index contributed by atoms with van der Waals surface area (Å²) < 4.78 is 1.59. The van der Waals surface area contributed by atoms with E-state index in [1.807, 2.05) is 13.0 Å². The molecule has 3 rings (SSSR count). The SMILES string of the molecule is Cc1ccnc2nc(C(=O)N3CCCC(CCO)C3)nn12. The molecule has 0 saturated carbocycles. The van der Waals surface area contributed by atoms with Gasteiger partial charge in [0, 0.05) is 31.6 Å². The fourth-order valence-corrected chi connectivity index (χ4v) is 2.81. The second kappa shape index (κ2) is 5.77. The van der Waals surface area contributed by atoms with E-state index < -0.39 is 0 Å². The molecule has 1 saturated heterocycles. The van der Waals surface area contributed by atoms with E-state index >= 15 is 0 Å².